The van der Waals surface area contributed by atoms with E-state index in [4.69, 9.17) is 32.5 Å². The van der Waals surface area contributed by atoms with Gasteiger partial charge in [0.2, 0.25) is 0 Å². The Balaban J connectivity index is 2.76. The van der Waals surface area contributed by atoms with Crippen molar-refractivity contribution in [3.63, 3.8) is 0 Å². The van der Waals surface area contributed by atoms with Crippen molar-refractivity contribution in [1.29, 1.82) is 0 Å². The molecule has 4 N–H and O–H groups in total. The molecule has 0 aromatic heterocycles. The van der Waals surface area contributed by atoms with Crippen LogP contribution in [0.4, 0.5) is 15.8 Å². The zero-order valence-electron chi connectivity index (χ0n) is 8.93. The Hall–Kier alpha value is -1.20. The minimum atomic E-state index is -0.740. The molecule has 0 bridgehead atoms. The molecule has 0 atom stereocenters. The predicted octanol–water partition coefficient (Wildman–Crippen LogP) is 2.06. The third-order valence-electron chi connectivity index (χ3n) is 1.90. The van der Waals surface area contributed by atoms with Crippen LogP contribution < -0.4 is 16.2 Å². The molecule has 0 radical (unpaired) electrons. The first-order valence-electron chi connectivity index (χ1n) is 4.81. The number of halogens is 2. The summed E-state index contributed by atoms with van der Waals surface area (Å²) in [7, 11) is 0. The molecule has 0 spiro atoms. The van der Waals surface area contributed by atoms with Gasteiger partial charge in [-0.2, -0.15) is 0 Å². The van der Waals surface area contributed by atoms with Gasteiger partial charge in [-0.15, -0.1) is 0 Å². The molecule has 1 aromatic carbocycles. The van der Waals surface area contributed by atoms with Crippen LogP contribution in [0.3, 0.4) is 0 Å². The maximum Gasteiger partial charge on any atom is 0.187 e. The summed E-state index contributed by atoms with van der Waals surface area (Å²) < 4.78 is 23.8. The molecule has 0 aliphatic rings. The topological polar surface area (TPSA) is 70.5 Å². The lowest BCUT2D eigenvalue weighted by Crippen LogP contribution is -2.09. The zero-order valence-corrected chi connectivity index (χ0v) is 9.68. The van der Waals surface area contributed by atoms with E-state index in [9.17, 15) is 4.39 Å². The van der Waals surface area contributed by atoms with Crippen LogP contribution in [-0.4, -0.2) is 19.8 Å². The molecule has 0 fully saturated rings. The first-order chi connectivity index (χ1) is 7.57. The highest BCUT2D eigenvalue weighted by molar-refractivity contribution is 6.33. The van der Waals surface area contributed by atoms with Crippen molar-refractivity contribution in [2.75, 3.05) is 31.3 Å². The Bertz CT molecular complexity index is 374. The number of hydrogen-bond donors (Lipinski definition) is 2. The number of rotatable bonds is 5. The highest BCUT2D eigenvalue weighted by Crippen LogP contribution is 2.35. The summed E-state index contributed by atoms with van der Waals surface area (Å²) in [6.07, 6.45) is 0. The molecule has 0 unspecified atom stereocenters. The number of ether oxygens (including phenoxy) is 2. The second-order valence-corrected chi connectivity index (χ2v) is 3.44. The molecule has 6 heteroatoms. The van der Waals surface area contributed by atoms with E-state index < -0.39 is 5.82 Å². The monoisotopic (exact) mass is 248 g/mol. The number of nitrogens with two attached hydrogens (primary N) is 2. The van der Waals surface area contributed by atoms with Crippen LogP contribution in [0.1, 0.15) is 6.92 Å². The standard InChI is InChI=1S/C10H14ClFN2O2/c1-2-15-3-4-16-10-7(14)5-6(13)8(11)9(10)12/h5H,2-4,13-14H2,1H3. The molecule has 16 heavy (non-hydrogen) atoms. The lowest BCUT2D eigenvalue weighted by Gasteiger charge is -2.12. The van der Waals surface area contributed by atoms with Crippen molar-refractivity contribution < 1.29 is 13.9 Å². The molecule has 1 aromatic rings. The fourth-order valence-electron chi connectivity index (χ4n) is 1.14. The SMILES string of the molecule is CCOCCOc1c(N)cc(N)c(Cl)c1F. The minimum absolute atomic E-state index is 0.0843. The van der Waals surface area contributed by atoms with E-state index in [1.54, 1.807) is 0 Å². The van der Waals surface area contributed by atoms with Crippen LogP contribution in [0.25, 0.3) is 0 Å². The maximum atomic E-state index is 13.6. The number of hydrogen-bond acceptors (Lipinski definition) is 4. The fraction of sp³-hybridized carbons (Fsp3) is 0.400. The zero-order chi connectivity index (χ0) is 12.1. The molecule has 90 valence electrons. The molecule has 4 nitrogen and oxygen atoms in total. The number of nitrogen functional groups attached to an aromatic ring is 2. The summed E-state index contributed by atoms with van der Waals surface area (Å²) in [5.74, 6) is -0.824. The van der Waals surface area contributed by atoms with Crippen molar-refractivity contribution in [2.45, 2.75) is 6.92 Å². The Morgan fingerprint density at radius 1 is 1.31 bits per heavy atom. The van der Waals surface area contributed by atoms with Gasteiger partial charge in [0.1, 0.15) is 11.6 Å². The van der Waals surface area contributed by atoms with Crippen LogP contribution in [0, 0.1) is 5.82 Å². The third-order valence-corrected chi connectivity index (χ3v) is 2.28. The molecule has 1 rings (SSSR count). The Morgan fingerprint density at radius 3 is 2.62 bits per heavy atom. The van der Waals surface area contributed by atoms with Gasteiger partial charge in [0.05, 0.1) is 18.0 Å². The highest BCUT2D eigenvalue weighted by atomic mass is 35.5. The largest absolute Gasteiger partial charge is 0.486 e. The second kappa shape index (κ2) is 5.77. The summed E-state index contributed by atoms with van der Waals surface area (Å²) in [4.78, 5) is 0. The molecule has 0 saturated heterocycles. The highest BCUT2D eigenvalue weighted by Gasteiger charge is 2.15. The second-order valence-electron chi connectivity index (χ2n) is 3.06. The van der Waals surface area contributed by atoms with Crippen LogP contribution in [0.15, 0.2) is 6.07 Å². The van der Waals surface area contributed by atoms with Crippen molar-refractivity contribution in [3.8, 4) is 5.75 Å². The minimum Gasteiger partial charge on any atom is -0.486 e. The molecule has 0 amide bonds. The van der Waals surface area contributed by atoms with E-state index in [-0.39, 0.29) is 28.8 Å². The van der Waals surface area contributed by atoms with E-state index >= 15 is 0 Å². The fourth-order valence-corrected chi connectivity index (χ4v) is 1.28. The summed E-state index contributed by atoms with van der Waals surface area (Å²) in [5.41, 5.74) is 11.2. The maximum absolute atomic E-state index is 13.6. The Labute approximate surface area is 98.3 Å². The molecule has 0 heterocycles. The van der Waals surface area contributed by atoms with Gasteiger partial charge in [-0.25, -0.2) is 4.39 Å². The first kappa shape index (κ1) is 12.9. The molecular weight excluding hydrogens is 235 g/mol. The van der Waals surface area contributed by atoms with E-state index in [1.807, 2.05) is 6.92 Å². The lowest BCUT2D eigenvalue weighted by atomic mass is 10.2. The summed E-state index contributed by atoms with van der Waals surface area (Å²) >= 11 is 5.63. The number of anilines is 2. The summed E-state index contributed by atoms with van der Waals surface area (Å²) in [6, 6.07) is 1.36. The van der Waals surface area contributed by atoms with Gasteiger partial charge in [0, 0.05) is 6.61 Å². The van der Waals surface area contributed by atoms with Crippen molar-refractivity contribution >= 4 is 23.0 Å². The van der Waals surface area contributed by atoms with Gasteiger partial charge in [-0.1, -0.05) is 11.6 Å². The van der Waals surface area contributed by atoms with Crippen molar-refractivity contribution in [3.05, 3.63) is 16.9 Å². The van der Waals surface area contributed by atoms with Gasteiger partial charge in [-0.3, -0.25) is 0 Å². The average molecular weight is 249 g/mol. The molecule has 0 aliphatic carbocycles. The van der Waals surface area contributed by atoms with E-state index in [1.165, 1.54) is 6.07 Å². The van der Waals surface area contributed by atoms with Gasteiger partial charge < -0.3 is 20.9 Å². The molecular formula is C10H14ClFN2O2. The Kier molecular flexibility index (Phi) is 4.64. The first-order valence-corrected chi connectivity index (χ1v) is 5.19. The summed E-state index contributed by atoms with van der Waals surface area (Å²) in [6.45, 7) is 2.99. The Morgan fingerprint density at radius 2 is 2.00 bits per heavy atom. The quantitative estimate of drug-likeness (QED) is 0.618. The number of benzene rings is 1. The predicted molar refractivity (Wildman–Crippen MR) is 62.2 cm³/mol. The van der Waals surface area contributed by atoms with Crippen molar-refractivity contribution in [1.82, 2.24) is 0 Å². The van der Waals surface area contributed by atoms with E-state index in [2.05, 4.69) is 0 Å². The van der Waals surface area contributed by atoms with Crippen LogP contribution in [0.2, 0.25) is 5.02 Å². The van der Waals surface area contributed by atoms with Crippen LogP contribution in [-0.2, 0) is 4.74 Å². The summed E-state index contributed by atoms with van der Waals surface area (Å²) in [5, 5.41) is -0.180. The van der Waals surface area contributed by atoms with E-state index in [0.717, 1.165) is 0 Å². The molecule has 0 saturated carbocycles. The van der Waals surface area contributed by atoms with Gasteiger partial charge in [-0.05, 0) is 13.0 Å². The average Bonchev–Trinajstić information content (AvgIpc) is 2.25. The van der Waals surface area contributed by atoms with E-state index in [0.29, 0.717) is 13.2 Å². The lowest BCUT2D eigenvalue weighted by molar-refractivity contribution is 0.109. The van der Waals surface area contributed by atoms with Crippen LogP contribution in [0.5, 0.6) is 5.75 Å². The van der Waals surface area contributed by atoms with Gasteiger partial charge in [0.15, 0.2) is 11.6 Å². The van der Waals surface area contributed by atoms with Gasteiger partial charge >= 0.3 is 0 Å². The third kappa shape index (κ3) is 2.90. The van der Waals surface area contributed by atoms with Crippen molar-refractivity contribution in [2.24, 2.45) is 0 Å². The van der Waals surface area contributed by atoms with Gasteiger partial charge in [0.25, 0.3) is 0 Å². The molecule has 0 aliphatic heterocycles. The normalized spacial score (nSPS) is 10.4. The van der Waals surface area contributed by atoms with Crippen LogP contribution >= 0.6 is 11.6 Å². The smallest absolute Gasteiger partial charge is 0.187 e.